The number of aromatic nitrogens is 5. The normalized spacial score (nSPS) is 11.7. The minimum atomic E-state index is 0.522. The molecular weight excluding hydrogens is 408 g/mol. The van der Waals surface area contributed by atoms with E-state index in [0.717, 1.165) is 37.2 Å². The standard InChI is InChI=1S/C27H24N6/c1-18-15-30-27(33-17-28-16-31-33)32-26(18)29-14-3-2-5-19-8-9-22-11-10-20-6-4-7-21-12-13-23(19)25(22)24(20)21/h4,6-13,15-17H,2-3,5,14H2,1H3,(H,29,30,32). The van der Waals surface area contributed by atoms with Crippen LogP contribution in [0.5, 0.6) is 0 Å². The third kappa shape index (κ3) is 3.53. The molecule has 6 heteroatoms. The average Bonchev–Trinajstić information content (AvgIpc) is 3.39. The Morgan fingerprint density at radius 3 is 2.48 bits per heavy atom. The summed E-state index contributed by atoms with van der Waals surface area (Å²) in [5, 5.41) is 15.7. The van der Waals surface area contributed by atoms with E-state index < -0.39 is 0 Å². The zero-order chi connectivity index (χ0) is 22.2. The third-order valence-electron chi connectivity index (χ3n) is 6.37. The highest BCUT2D eigenvalue weighted by Crippen LogP contribution is 2.36. The van der Waals surface area contributed by atoms with E-state index in [4.69, 9.17) is 0 Å². The molecule has 0 aliphatic rings. The van der Waals surface area contributed by atoms with Gasteiger partial charge >= 0.3 is 0 Å². The summed E-state index contributed by atoms with van der Waals surface area (Å²) in [6.07, 6.45) is 8.13. The second-order valence-corrected chi connectivity index (χ2v) is 8.51. The monoisotopic (exact) mass is 432 g/mol. The van der Waals surface area contributed by atoms with Gasteiger partial charge < -0.3 is 5.32 Å². The molecule has 2 aromatic heterocycles. The molecule has 33 heavy (non-hydrogen) atoms. The largest absolute Gasteiger partial charge is 0.370 e. The van der Waals surface area contributed by atoms with Crippen LogP contribution in [0, 0.1) is 6.92 Å². The van der Waals surface area contributed by atoms with Crippen molar-refractivity contribution in [2.24, 2.45) is 0 Å². The lowest BCUT2D eigenvalue weighted by Crippen LogP contribution is -2.09. The third-order valence-corrected chi connectivity index (χ3v) is 6.37. The van der Waals surface area contributed by atoms with E-state index in [1.165, 1.54) is 44.2 Å². The first-order chi connectivity index (χ1) is 16.3. The summed E-state index contributed by atoms with van der Waals surface area (Å²) in [5.41, 5.74) is 2.44. The summed E-state index contributed by atoms with van der Waals surface area (Å²) in [6.45, 7) is 2.87. The van der Waals surface area contributed by atoms with Crippen LogP contribution in [-0.4, -0.2) is 31.3 Å². The van der Waals surface area contributed by atoms with Gasteiger partial charge in [0.1, 0.15) is 18.5 Å². The first-order valence-corrected chi connectivity index (χ1v) is 11.4. The summed E-state index contributed by atoms with van der Waals surface area (Å²) < 4.78 is 1.57. The maximum absolute atomic E-state index is 4.60. The number of hydrogen-bond acceptors (Lipinski definition) is 5. The molecule has 0 atom stereocenters. The summed E-state index contributed by atoms with van der Waals surface area (Å²) in [4.78, 5) is 12.9. The predicted octanol–water partition coefficient (Wildman–Crippen LogP) is 5.70. The van der Waals surface area contributed by atoms with Crippen molar-refractivity contribution in [3.63, 3.8) is 0 Å². The number of nitrogens with zero attached hydrogens (tertiary/aromatic N) is 5. The molecule has 6 nitrogen and oxygen atoms in total. The molecule has 2 heterocycles. The van der Waals surface area contributed by atoms with Crippen molar-refractivity contribution in [1.29, 1.82) is 0 Å². The van der Waals surface area contributed by atoms with Crippen LogP contribution >= 0.6 is 0 Å². The van der Waals surface area contributed by atoms with E-state index in [0.29, 0.717) is 5.95 Å². The number of anilines is 1. The summed E-state index contributed by atoms with van der Waals surface area (Å²) in [6, 6.07) is 20.2. The number of benzene rings is 4. The van der Waals surface area contributed by atoms with Crippen molar-refractivity contribution >= 4 is 38.1 Å². The number of hydrogen-bond donors (Lipinski definition) is 1. The molecule has 0 aliphatic carbocycles. The molecule has 0 amide bonds. The van der Waals surface area contributed by atoms with Crippen LogP contribution in [-0.2, 0) is 6.42 Å². The smallest absolute Gasteiger partial charge is 0.253 e. The fourth-order valence-corrected chi connectivity index (χ4v) is 4.69. The zero-order valence-electron chi connectivity index (χ0n) is 18.5. The van der Waals surface area contributed by atoms with Crippen LogP contribution in [0.4, 0.5) is 5.82 Å². The Bertz CT molecular complexity index is 1540. The second-order valence-electron chi connectivity index (χ2n) is 8.51. The lowest BCUT2D eigenvalue weighted by Gasteiger charge is -2.14. The van der Waals surface area contributed by atoms with Gasteiger partial charge in [0.15, 0.2) is 0 Å². The van der Waals surface area contributed by atoms with Crippen LogP contribution in [0.25, 0.3) is 38.3 Å². The van der Waals surface area contributed by atoms with Crippen molar-refractivity contribution in [2.75, 3.05) is 11.9 Å². The quantitative estimate of drug-likeness (QED) is 0.259. The molecule has 0 spiro atoms. The van der Waals surface area contributed by atoms with E-state index in [1.54, 1.807) is 11.0 Å². The van der Waals surface area contributed by atoms with Gasteiger partial charge in [-0.05, 0) is 64.1 Å². The molecule has 1 N–H and O–H groups in total. The van der Waals surface area contributed by atoms with Gasteiger partial charge in [0.05, 0.1) is 0 Å². The fourth-order valence-electron chi connectivity index (χ4n) is 4.69. The molecule has 6 aromatic rings. The van der Waals surface area contributed by atoms with Crippen LogP contribution in [0.15, 0.2) is 73.4 Å². The topological polar surface area (TPSA) is 68.5 Å². The van der Waals surface area contributed by atoms with E-state index in [2.05, 4.69) is 80.0 Å². The summed E-state index contributed by atoms with van der Waals surface area (Å²) in [5.74, 6) is 1.37. The molecule has 0 radical (unpaired) electrons. The Labute approximate surface area is 191 Å². The van der Waals surface area contributed by atoms with Crippen molar-refractivity contribution < 1.29 is 0 Å². The molecule has 6 rings (SSSR count). The lowest BCUT2D eigenvalue weighted by atomic mass is 9.90. The molecule has 0 fully saturated rings. The van der Waals surface area contributed by atoms with E-state index in [9.17, 15) is 0 Å². The fraction of sp³-hybridized carbons (Fsp3) is 0.185. The van der Waals surface area contributed by atoms with Crippen LogP contribution in [0.1, 0.15) is 24.0 Å². The predicted molar refractivity (Wildman–Crippen MR) is 133 cm³/mol. The summed E-state index contributed by atoms with van der Waals surface area (Å²) >= 11 is 0. The van der Waals surface area contributed by atoms with Gasteiger partial charge in [-0.2, -0.15) is 14.8 Å². The summed E-state index contributed by atoms with van der Waals surface area (Å²) in [7, 11) is 0. The molecule has 0 aliphatic heterocycles. The molecule has 162 valence electrons. The molecule has 0 unspecified atom stereocenters. The second kappa shape index (κ2) is 8.13. The first kappa shape index (κ1) is 19.6. The van der Waals surface area contributed by atoms with E-state index >= 15 is 0 Å². The van der Waals surface area contributed by atoms with Crippen LogP contribution in [0.2, 0.25) is 0 Å². The molecular formula is C27H24N6. The van der Waals surface area contributed by atoms with Crippen LogP contribution in [0.3, 0.4) is 0 Å². The van der Waals surface area contributed by atoms with Gasteiger partial charge in [-0.3, -0.25) is 0 Å². The highest BCUT2D eigenvalue weighted by atomic mass is 15.4. The van der Waals surface area contributed by atoms with Gasteiger partial charge in [-0.1, -0.05) is 54.6 Å². The minimum absolute atomic E-state index is 0.522. The lowest BCUT2D eigenvalue weighted by molar-refractivity contribution is 0.759. The van der Waals surface area contributed by atoms with Crippen molar-refractivity contribution in [1.82, 2.24) is 24.7 Å². The molecule has 4 aromatic carbocycles. The Morgan fingerprint density at radius 1 is 0.879 bits per heavy atom. The number of rotatable bonds is 7. The van der Waals surface area contributed by atoms with Gasteiger partial charge in [0, 0.05) is 18.3 Å². The highest BCUT2D eigenvalue weighted by Gasteiger charge is 2.11. The number of unbranched alkanes of at least 4 members (excludes halogenated alkanes) is 1. The van der Waals surface area contributed by atoms with Crippen molar-refractivity contribution in [3.05, 3.63) is 84.6 Å². The highest BCUT2D eigenvalue weighted by molar-refractivity contribution is 6.23. The zero-order valence-corrected chi connectivity index (χ0v) is 18.5. The molecule has 0 saturated carbocycles. The molecule has 0 bridgehead atoms. The molecule has 0 saturated heterocycles. The Balaban J connectivity index is 1.16. The minimum Gasteiger partial charge on any atom is -0.370 e. The maximum Gasteiger partial charge on any atom is 0.253 e. The number of aryl methyl sites for hydroxylation is 2. The van der Waals surface area contributed by atoms with Gasteiger partial charge in [0.25, 0.3) is 5.95 Å². The Kier molecular flexibility index (Phi) is 4.83. The van der Waals surface area contributed by atoms with Crippen molar-refractivity contribution in [2.45, 2.75) is 26.2 Å². The van der Waals surface area contributed by atoms with Gasteiger partial charge in [0.2, 0.25) is 0 Å². The van der Waals surface area contributed by atoms with E-state index in [-0.39, 0.29) is 0 Å². The number of nitrogens with one attached hydrogen (secondary N) is 1. The SMILES string of the molecule is Cc1cnc(-n2cncn2)nc1NCCCCc1ccc2ccc3cccc4ccc1c2c34. The maximum atomic E-state index is 4.60. The first-order valence-electron chi connectivity index (χ1n) is 11.4. The average molecular weight is 433 g/mol. The van der Waals surface area contributed by atoms with E-state index in [1.807, 2.05) is 13.1 Å². The van der Waals surface area contributed by atoms with Gasteiger partial charge in [-0.25, -0.2) is 9.97 Å². The van der Waals surface area contributed by atoms with Gasteiger partial charge in [-0.15, -0.1) is 0 Å². The van der Waals surface area contributed by atoms with Crippen molar-refractivity contribution in [3.8, 4) is 5.95 Å². The van der Waals surface area contributed by atoms with Crippen LogP contribution < -0.4 is 5.32 Å². The Hall–Kier alpha value is -4.06. The Morgan fingerprint density at radius 2 is 1.67 bits per heavy atom.